The van der Waals surface area contributed by atoms with Gasteiger partial charge in [0.15, 0.2) is 0 Å². The Labute approximate surface area is 105 Å². The predicted octanol–water partition coefficient (Wildman–Crippen LogP) is 0.191. The molecule has 0 radical (unpaired) electrons. The lowest BCUT2D eigenvalue weighted by Gasteiger charge is -2.16. The van der Waals surface area contributed by atoms with E-state index in [9.17, 15) is 14.4 Å². The molecule has 100 valence electrons. The molecule has 0 unspecified atom stereocenters. The zero-order valence-electron chi connectivity index (χ0n) is 10.5. The van der Waals surface area contributed by atoms with E-state index in [1.165, 1.54) is 0 Å². The molecular weight excluding hydrogens is 236 g/mol. The van der Waals surface area contributed by atoms with Crippen molar-refractivity contribution in [3.63, 3.8) is 0 Å². The van der Waals surface area contributed by atoms with Crippen molar-refractivity contribution in [3.8, 4) is 0 Å². The van der Waals surface area contributed by atoms with Crippen molar-refractivity contribution in [3.05, 3.63) is 11.6 Å². The van der Waals surface area contributed by atoms with Crippen LogP contribution in [-0.2, 0) is 14.4 Å². The topological polar surface area (TPSA) is 95.5 Å². The zero-order valence-corrected chi connectivity index (χ0v) is 10.5. The van der Waals surface area contributed by atoms with Crippen molar-refractivity contribution < 1.29 is 19.5 Å². The SMILES string of the molecule is CC(C)=CC[C@@H](NC(=O)[C@@H]1CCC(=O)N1)C(=O)O. The summed E-state index contributed by atoms with van der Waals surface area (Å²) in [6.45, 7) is 3.72. The van der Waals surface area contributed by atoms with Crippen molar-refractivity contribution in [2.75, 3.05) is 0 Å². The van der Waals surface area contributed by atoms with Gasteiger partial charge in [-0.05, 0) is 26.7 Å². The first-order valence-corrected chi connectivity index (χ1v) is 5.86. The molecule has 0 aromatic rings. The monoisotopic (exact) mass is 254 g/mol. The van der Waals surface area contributed by atoms with Crippen LogP contribution < -0.4 is 10.6 Å². The Bertz CT molecular complexity index is 386. The van der Waals surface area contributed by atoms with Crippen molar-refractivity contribution in [1.82, 2.24) is 10.6 Å². The van der Waals surface area contributed by atoms with Crippen LogP contribution in [0.4, 0.5) is 0 Å². The van der Waals surface area contributed by atoms with Crippen LogP contribution in [-0.4, -0.2) is 35.0 Å². The van der Waals surface area contributed by atoms with Gasteiger partial charge in [-0.1, -0.05) is 11.6 Å². The summed E-state index contributed by atoms with van der Waals surface area (Å²) in [5, 5.41) is 13.9. The summed E-state index contributed by atoms with van der Waals surface area (Å²) in [5.74, 6) is -1.69. The van der Waals surface area contributed by atoms with E-state index in [1.807, 2.05) is 13.8 Å². The van der Waals surface area contributed by atoms with Crippen LogP contribution >= 0.6 is 0 Å². The van der Waals surface area contributed by atoms with E-state index in [-0.39, 0.29) is 12.3 Å². The van der Waals surface area contributed by atoms with E-state index in [0.717, 1.165) is 5.57 Å². The van der Waals surface area contributed by atoms with Crippen LogP contribution in [0.1, 0.15) is 33.1 Å². The third-order valence-electron chi connectivity index (χ3n) is 2.69. The molecule has 1 saturated heterocycles. The van der Waals surface area contributed by atoms with Gasteiger partial charge in [0.2, 0.25) is 11.8 Å². The molecule has 2 amide bonds. The summed E-state index contributed by atoms with van der Waals surface area (Å²) < 4.78 is 0. The van der Waals surface area contributed by atoms with E-state index in [0.29, 0.717) is 12.8 Å². The minimum atomic E-state index is -1.08. The van der Waals surface area contributed by atoms with E-state index in [4.69, 9.17) is 5.11 Å². The highest BCUT2D eigenvalue weighted by atomic mass is 16.4. The molecule has 6 nitrogen and oxygen atoms in total. The average molecular weight is 254 g/mol. The van der Waals surface area contributed by atoms with E-state index in [1.54, 1.807) is 6.08 Å². The number of carbonyl (C=O) groups excluding carboxylic acids is 2. The number of carboxylic acids is 1. The third kappa shape index (κ3) is 4.20. The number of aliphatic carboxylic acids is 1. The Balaban J connectivity index is 2.55. The number of carboxylic acid groups (broad SMARTS) is 1. The Morgan fingerprint density at radius 1 is 1.56 bits per heavy atom. The van der Waals surface area contributed by atoms with Gasteiger partial charge in [-0.3, -0.25) is 9.59 Å². The molecule has 0 aromatic heterocycles. The molecule has 3 N–H and O–H groups in total. The molecule has 18 heavy (non-hydrogen) atoms. The number of amides is 2. The summed E-state index contributed by atoms with van der Waals surface area (Å²) in [7, 11) is 0. The molecule has 0 aliphatic carbocycles. The molecule has 1 fully saturated rings. The molecule has 0 spiro atoms. The highest BCUT2D eigenvalue weighted by Crippen LogP contribution is 2.07. The lowest BCUT2D eigenvalue weighted by Crippen LogP contribution is -2.48. The summed E-state index contributed by atoms with van der Waals surface area (Å²) in [4.78, 5) is 33.7. The molecule has 0 saturated carbocycles. The number of hydrogen-bond acceptors (Lipinski definition) is 3. The van der Waals surface area contributed by atoms with Crippen molar-refractivity contribution in [2.24, 2.45) is 0 Å². The number of rotatable bonds is 5. The highest BCUT2D eigenvalue weighted by Gasteiger charge is 2.29. The smallest absolute Gasteiger partial charge is 0.326 e. The Morgan fingerprint density at radius 3 is 2.67 bits per heavy atom. The zero-order chi connectivity index (χ0) is 13.7. The van der Waals surface area contributed by atoms with E-state index >= 15 is 0 Å². The van der Waals surface area contributed by atoms with Crippen LogP contribution in [0, 0.1) is 0 Å². The van der Waals surface area contributed by atoms with Gasteiger partial charge >= 0.3 is 5.97 Å². The number of allylic oxidation sites excluding steroid dienone is 1. The third-order valence-corrected chi connectivity index (χ3v) is 2.69. The molecular formula is C12H18N2O4. The summed E-state index contributed by atoms with van der Waals surface area (Å²) in [6.07, 6.45) is 2.72. The Morgan fingerprint density at radius 2 is 2.22 bits per heavy atom. The van der Waals surface area contributed by atoms with Crippen molar-refractivity contribution in [2.45, 2.75) is 45.2 Å². The van der Waals surface area contributed by atoms with Gasteiger partial charge in [-0.2, -0.15) is 0 Å². The fourth-order valence-electron chi connectivity index (χ4n) is 1.66. The van der Waals surface area contributed by atoms with Gasteiger partial charge in [0.1, 0.15) is 12.1 Å². The highest BCUT2D eigenvalue weighted by molar-refractivity contribution is 5.92. The van der Waals surface area contributed by atoms with Gasteiger partial charge < -0.3 is 15.7 Å². The maximum atomic E-state index is 11.7. The molecule has 6 heteroatoms. The van der Waals surface area contributed by atoms with Gasteiger partial charge in [-0.25, -0.2) is 4.79 Å². The minimum absolute atomic E-state index is 0.175. The quantitative estimate of drug-likeness (QED) is 0.610. The lowest BCUT2D eigenvalue weighted by molar-refractivity contribution is -0.142. The lowest BCUT2D eigenvalue weighted by atomic mass is 10.1. The molecule has 0 aromatic carbocycles. The minimum Gasteiger partial charge on any atom is -0.480 e. The van der Waals surface area contributed by atoms with Crippen LogP contribution in [0.15, 0.2) is 11.6 Å². The maximum absolute atomic E-state index is 11.7. The molecule has 2 atom stereocenters. The van der Waals surface area contributed by atoms with Gasteiger partial charge in [0.25, 0.3) is 0 Å². The Kier molecular flexibility index (Phi) is 4.88. The summed E-state index contributed by atoms with van der Waals surface area (Å²) in [5.41, 5.74) is 0.990. The van der Waals surface area contributed by atoms with Gasteiger partial charge in [0, 0.05) is 6.42 Å². The second kappa shape index (κ2) is 6.18. The molecule has 0 bridgehead atoms. The van der Waals surface area contributed by atoms with Gasteiger partial charge in [-0.15, -0.1) is 0 Å². The molecule has 1 aliphatic heterocycles. The second-order valence-corrected chi connectivity index (χ2v) is 4.58. The fraction of sp³-hybridized carbons (Fsp3) is 0.583. The molecule has 1 heterocycles. The van der Waals surface area contributed by atoms with E-state index < -0.39 is 24.0 Å². The van der Waals surface area contributed by atoms with Crippen LogP contribution in [0.2, 0.25) is 0 Å². The molecule has 1 rings (SSSR count). The second-order valence-electron chi connectivity index (χ2n) is 4.58. The Hall–Kier alpha value is -1.85. The van der Waals surface area contributed by atoms with Crippen LogP contribution in [0.25, 0.3) is 0 Å². The normalized spacial score (nSPS) is 19.9. The van der Waals surface area contributed by atoms with E-state index in [2.05, 4.69) is 10.6 Å². The van der Waals surface area contributed by atoms with Crippen LogP contribution in [0.5, 0.6) is 0 Å². The summed E-state index contributed by atoms with van der Waals surface area (Å²) >= 11 is 0. The first kappa shape index (κ1) is 14.2. The number of carbonyl (C=O) groups is 3. The van der Waals surface area contributed by atoms with Crippen molar-refractivity contribution in [1.29, 1.82) is 0 Å². The first-order valence-electron chi connectivity index (χ1n) is 5.86. The number of hydrogen-bond donors (Lipinski definition) is 3. The average Bonchev–Trinajstić information content (AvgIpc) is 2.70. The van der Waals surface area contributed by atoms with Gasteiger partial charge in [0.05, 0.1) is 0 Å². The van der Waals surface area contributed by atoms with Crippen LogP contribution in [0.3, 0.4) is 0 Å². The standard InChI is InChI=1S/C12H18N2O4/c1-7(2)3-4-9(12(17)18)14-11(16)8-5-6-10(15)13-8/h3,8-9H,4-6H2,1-2H3,(H,13,15)(H,14,16)(H,17,18)/t8-,9+/m0/s1. The fourth-order valence-corrected chi connectivity index (χ4v) is 1.66. The maximum Gasteiger partial charge on any atom is 0.326 e. The van der Waals surface area contributed by atoms with Crippen molar-refractivity contribution >= 4 is 17.8 Å². The first-order chi connectivity index (χ1) is 8.40. The largest absolute Gasteiger partial charge is 0.480 e. The summed E-state index contributed by atoms with van der Waals surface area (Å²) in [6, 6.07) is -1.56. The predicted molar refractivity (Wildman–Crippen MR) is 64.8 cm³/mol. The number of nitrogens with one attached hydrogen (secondary N) is 2. The molecule has 1 aliphatic rings.